The van der Waals surface area contributed by atoms with Crippen LogP contribution in [0.2, 0.25) is 0 Å². The summed E-state index contributed by atoms with van der Waals surface area (Å²) in [6, 6.07) is 12.2. The van der Waals surface area contributed by atoms with Crippen molar-refractivity contribution in [2.45, 2.75) is 27.7 Å². The number of hydrogen-bond acceptors (Lipinski definition) is 2. The Morgan fingerprint density at radius 2 is 1.38 bits per heavy atom. The number of aromatic nitrogens is 2. The Morgan fingerprint density at radius 3 is 1.62 bits per heavy atom. The highest BCUT2D eigenvalue weighted by Crippen LogP contribution is 1.92. The Bertz CT molecular complexity index is 306. The largest absolute Gasteiger partial charge is 0.159 e. The standard InChI is InChI=1S/C7H8.C5H6N2.C2H6/c1-7-5-3-2-4-6-7;1-5-2-3-6-7-4-5;1-2/h2-6H,1H3;2-4H,1H3;1-2H3. The summed E-state index contributed by atoms with van der Waals surface area (Å²) in [4.78, 5) is 0. The Hall–Kier alpha value is -1.70. The highest BCUT2D eigenvalue weighted by molar-refractivity contribution is 5.11. The molecule has 1 aromatic heterocycles. The van der Waals surface area contributed by atoms with E-state index in [0.717, 1.165) is 5.56 Å². The van der Waals surface area contributed by atoms with Crippen LogP contribution in [0.5, 0.6) is 0 Å². The fraction of sp³-hybridized carbons (Fsp3) is 0.286. The summed E-state index contributed by atoms with van der Waals surface area (Å²) in [5.41, 5.74) is 2.47. The molecule has 0 saturated carbocycles. The minimum atomic E-state index is 1.15. The molecule has 16 heavy (non-hydrogen) atoms. The third-order valence-corrected chi connectivity index (χ3v) is 1.67. The van der Waals surface area contributed by atoms with Gasteiger partial charge in [-0.3, -0.25) is 0 Å². The molecular formula is C14H20N2. The third kappa shape index (κ3) is 7.68. The molecule has 2 heteroatoms. The second-order valence-electron chi connectivity index (χ2n) is 3.07. The molecule has 2 aromatic rings. The van der Waals surface area contributed by atoms with Crippen molar-refractivity contribution in [2.75, 3.05) is 0 Å². The van der Waals surface area contributed by atoms with Crippen molar-refractivity contribution in [3.05, 3.63) is 59.9 Å². The van der Waals surface area contributed by atoms with Gasteiger partial charge in [-0.1, -0.05) is 49.7 Å². The molecule has 0 aliphatic heterocycles. The highest BCUT2D eigenvalue weighted by Gasteiger charge is 1.74. The summed E-state index contributed by atoms with van der Waals surface area (Å²) in [7, 11) is 0. The third-order valence-electron chi connectivity index (χ3n) is 1.67. The molecule has 0 saturated heterocycles. The first-order valence-electron chi connectivity index (χ1n) is 5.54. The summed E-state index contributed by atoms with van der Waals surface area (Å²) >= 11 is 0. The van der Waals surface area contributed by atoms with Crippen LogP contribution in [-0.4, -0.2) is 10.2 Å². The molecule has 0 amide bonds. The van der Waals surface area contributed by atoms with Crippen LogP contribution < -0.4 is 0 Å². The molecular weight excluding hydrogens is 196 g/mol. The summed E-state index contributed by atoms with van der Waals surface area (Å²) in [5.74, 6) is 0. The van der Waals surface area contributed by atoms with Crippen LogP contribution in [0, 0.1) is 13.8 Å². The van der Waals surface area contributed by atoms with Crippen molar-refractivity contribution in [3.8, 4) is 0 Å². The van der Waals surface area contributed by atoms with E-state index in [2.05, 4.69) is 29.3 Å². The van der Waals surface area contributed by atoms with Gasteiger partial charge in [0.1, 0.15) is 0 Å². The monoisotopic (exact) mass is 216 g/mol. The number of benzene rings is 1. The molecule has 2 nitrogen and oxygen atoms in total. The smallest absolute Gasteiger partial charge is 0.0525 e. The molecule has 0 radical (unpaired) electrons. The molecule has 2 rings (SSSR count). The van der Waals surface area contributed by atoms with Crippen LogP contribution in [0.4, 0.5) is 0 Å². The lowest BCUT2D eigenvalue weighted by Gasteiger charge is -1.82. The van der Waals surface area contributed by atoms with E-state index >= 15 is 0 Å². The second kappa shape index (κ2) is 9.84. The van der Waals surface area contributed by atoms with Crippen molar-refractivity contribution in [1.29, 1.82) is 0 Å². The Balaban J connectivity index is 0.000000244. The second-order valence-corrected chi connectivity index (χ2v) is 3.07. The number of nitrogens with zero attached hydrogens (tertiary/aromatic N) is 2. The molecule has 0 fully saturated rings. The zero-order valence-corrected chi connectivity index (χ0v) is 10.5. The van der Waals surface area contributed by atoms with Crippen molar-refractivity contribution >= 4 is 0 Å². The highest BCUT2D eigenvalue weighted by atomic mass is 15.1. The van der Waals surface area contributed by atoms with E-state index in [0.29, 0.717) is 0 Å². The lowest BCUT2D eigenvalue weighted by molar-refractivity contribution is 1.01. The summed E-state index contributed by atoms with van der Waals surface area (Å²) in [6.45, 7) is 8.06. The molecule has 0 unspecified atom stereocenters. The minimum absolute atomic E-state index is 1.15. The lowest BCUT2D eigenvalue weighted by atomic mass is 10.2. The van der Waals surface area contributed by atoms with E-state index < -0.39 is 0 Å². The summed E-state index contributed by atoms with van der Waals surface area (Å²) in [5, 5.41) is 7.23. The van der Waals surface area contributed by atoms with E-state index in [1.54, 1.807) is 12.4 Å². The molecule has 1 heterocycles. The first kappa shape index (κ1) is 14.3. The molecule has 1 aromatic carbocycles. The van der Waals surface area contributed by atoms with Gasteiger partial charge in [0, 0.05) is 6.20 Å². The van der Waals surface area contributed by atoms with Crippen LogP contribution in [0.3, 0.4) is 0 Å². The maximum Gasteiger partial charge on any atom is 0.0525 e. The van der Waals surface area contributed by atoms with Crippen LogP contribution in [0.15, 0.2) is 48.8 Å². The van der Waals surface area contributed by atoms with Gasteiger partial charge in [0.25, 0.3) is 0 Å². The van der Waals surface area contributed by atoms with Crippen LogP contribution in [0.25, 0.3) is 0 Å². The van der Waals surface area contributed by atoms with E-state index in [9.17, 15) is 0 Å². The van der Waals surface area contributed by atoms with Crippen LogP contribution >= 0.6 is 0 Å². The summed E-state index contributed by atoms with van der Waals surface area (Å²) < 4.78 is 0. The Kier molecular flexibility index (Phi) is 8.79. The SMILES string of the molecule is CC.Cc1ccccc1.Cc1ccnnc1. The van der Waals surface area contributed by atoms with Gasteiger partial charge in [-0.15, -0.1) is 0 Å². The Morgan fingerprint density at radius 1 is 0.750 bits per heavy atom. The van der Waals surface area contributed by atoms with Crippen molar-refractivity contribution < 1.29 is 0 Å². The molecule has 0 bridgehead atoms. The van der Waals surface area contributed by atoms with Gasteiger partial charge in [-0.25, -0.2) is 0 Å². The lowest BCUT2D eigenvalue weighted by Crippen LogP contribution is -1.76. The van der Waals surface area contributed by atoms with Gasteiger partial charge < -0.3 is 0 Å². The predicted molar refractivity (Wildman–Crippen MR) is 69.3 cm³/mol. The topological polar surface area (TPSA) is 25.8 Å². The quantitative estimate of drug-likeness (QED) is 0.669. The fourth-order valence-electron chi connectivity index (χ4n) is 0.891. The molecule has 86 valence electrons. The maximum atomic E-state index is 3.63. The fourth-order valence-corrected chi connectivity index (χ4v) is 0.891. The van der Waals surface area contributed by atoms with E-state index in [-0.39, 0.29) is 0 Å². The zero-order chi connectivity index (χ0) is 12.2. The number of hydrogen-bond donors (Lipinski definition) is 0. The van der Waals surface area contributed by atoms with Gasteiger partial charge >= 0.3 is 0 Å². The normalized spacial score (nSPS) is 8.00. The van der Waals surface area contributed by atoms with Crippen molar-refractivity contribution in [2.24, 2.45) is 0 Å². The molecule has 0 aliphatic carbocycles. The average molecular weight is 216 g/mol. The van der Waals surface area contributed by atoms with Gasteiger partial charge in [-0.2, -0.15) is 10.2 Å². The van der Waals surface area contributed by atoms with Gasteiger partial charge in [0.15, 0.2) is 0 Å². The maximum absolute atomic E-state index is 3.63. The number of rotatable bonds is 0. The van der Waals surface area contributed by atoms with Crippen LogP contribution in [-0.2, 0) is 0 Å². The molecule has 0 atom stereocenters. The van der Waals surface area contributed by atoms with E-state index in [1.165, 1.54) is 5.56 Å². The zero-order valence-electron chi connectivity index (χ0n) is 10.5. The predicted octanol–water partition coefficient (Wildman–Crippen LogP) is 3.81. The minimum Gasteiger partial charge on any atom is -0.159 e. The molecule has 0 N–H and O–H groups in total. The first-order chi connectivity index (χ1) is 7.79. The molecule has 0 aliphatic rings. The summed E-state index contributed by atoms with van der Waals surface area (Å²) in [6.07, 6.45) is 3.40. The van der Waals surface area contributed by atoms with Crippen molar-refractivity contribution in [1.82, 2.24) is 10.2 Å². The van der Waals surface area contributed by atoms with Crippen LogP contribution in [0.1, 0.15) is 25.0 Å². The molecule has 0 spiro atoms. The average Bonchev–Trinajstić information content (AvgIpc) is 2.34. The van der Waals surface area contributed by atoms with E-state index in [1.807, 2.05) is 45.0 Å². The first-order valence-corrected chi connectivity index (χ1v) is 5.54. The van der Waals surface area contributed by atoms with Crippen molar-refractivity contribution in [3.63, 3.8) is 0 Å². The van der Waals surface area contributed by atoms with Gasteiger partial charge in [0.05, 0.1) is 6.20 Å². The van der Waals surface area contributed by atoms with Gasteiger partial charge in [0.2, 0.25) is 0 Å². The van der Waals surface area contributed by atoms with Gasteiger partial charge in [-0.05, 0) is 25.5 Å². The Labute approximate surface area is 98.4 Å². The number of aryl methyl sites for hydroxylation is 2. The van der Waals surface area contributed by atoms with E-state index in [4.69, 9.17) is 0 Å².